The summed E-state index contributed by atoms with van der Waals surface area (Å²) in [7, 11) is 0. The number of carbonyl (C=O) groups excluding carboxylic acids is 2. The minimum absolute atomic E-state index is 0.0262. The molecule has 2 rings (SSSR count). The predicted molar refractivity (Wildman–Crippen MR) is 81.2 cm³/mol. The summed E-state index contributed by atoms with van der Waals surface area (Å²) in [5, 5.41) is 14.7. The lowest BCUT2D eigenvalue weighted by Gasteiger charge is -2.41. The molecule has 124 valence electrons. The van der Waals surface area contributed by atoms with Gasteiger partial charge in [0.15, 0.2) is 0 Å². The molecule has 0 aliphatic heterocycles. The molecule has 2 amide bonds. The van der Waals surface area contributed by atoms with Gasteiger partial charge in [-0.15, -0.1) is 0 Å². The summed E-state index contributed by atoms with van der Waals surface area (Å²) in [5.74, 6) is -0.931. The minimum Gasteiger partial charge on any atom is -0.481 e. The van der Waals surface area contributed by atoms with Crippen LogP contribution in [0.15, 0.2) is 0 Å². The second-order valence-corrected chi connectivity index (χ2v) is 6.85. The summed E-state index contributed by atoms with van der Waals surface area (Å²) in [4.78, 5) is 35.0. The summed E-state index contributed by atoms with van der Waals surface area (Å²) >= 11 is 0. The molecule has 0 bridgehead atoms. The summed E-state index contributed by atoms with van der Waals surface area (Å²) in [6.07, 6.45) is 6.62. The molecule has 2 saturated carbocycles. The third kappa shape index (κ3) is 4.45. The molecular weight excluding hydrogens is 284 g/mol. The summed E-state index contributed by atoms with van der Waals surface area (Å²) in [5.41, 5.74) is -0.571. The van der Waals surface area contributed by atoms with Gasteiger partial charge in [-0.05, 0) is 39.0 Å². The van der Waals surface area contributed by atoms with Gasteiger partial charge < -0.3 is 15.7 Å². The average Bonchev–Trinajstić information content (AvgIpc) is 2.88. The number of nitrogens with one attached hydrogen (secondary N) is 2. The zero-order valence-electron chi connectivity index (χ0n) is 13.2. The molecule has 2 aliphatic carbocycles. The van der Waals surface area contributed by atoms with Crippen molar-refractivity contribution in [3.63, 3.8) is 0 Å². The Labute approximate surface area is 131 Å². The molecule has 0 spiro atoms. The Kier molecular flexibility index (Phi) is 5.42. The van der Waals surface area contributed by atoms with Crippen molar-refractivity contribution < 1.29 is 19.5 Å². The number of rotatable bonds is 7. The number of aliphatic carboxylic acids is 1. The number of hydrogen-bond acceptors (Lipinski definition) is 3. The molecule has 6 heteroatoms. The molecule has 1 atom stereocenters. The Bertz CT molecular complexity index is 439. The van der Waals surface area contributed by atoms with Crippen LogP contribution in [-0.4, -0.2) is 34.5 Å². The van der Waals surface area contributed by atoms with Gasteiger partial charge in [0, 0.05) is 18.4 Å². The van der Waals surface area contributed by atoms with E-state index < -0.39 is 11.5 Å². The quantitative estimate of drug-likeness (QED) is 0.665. The van der Waals surface area contributed by atoms with Crippen LogP contribution in [0.4, 0.5) is 0 Å². The molecule has 0 aromatic rings. The van der Waals surface area contributed by atoms with Crippen LogP contribution in [0.3, 0.4) is 0 Å². The summed E-state index contributed by atoms with van der Waals surface area (Å²) in [6.45, 7) is 1.82. The van der Waals surface area contributed by atoms with E-state index in [0.717, 1.165) is 32.1 Å². The zero-order chi connectivity index (χ0) is 16.2. The van der Waals surface area contributed by atoms with Gasteiger partial charge in [-0.1, -0.05) is 12.8 Å². The highest BCUT2D eigenvalue weighted by Gasteiger charge is 2.40. The standard InChI is InChI=1S/C16H26N2O4/c1-11(17-15(22)12-5-2-3-6-12)9-13(19)18-16(7-4-8-16)10-14(20)21/h11-12H,2-10H2,1H3,(H,17,22)(H,18,19)(H,20,21). The highest BCUT2D eigenvalue weighted by molar-refractivity contribution is 5.82. The third-order valence-corrected chi connectivity index (χ3v) is 4.81. The normalized spacial score (nSPS) is 21.7. The van der Waals surface area contributed by atoms with Crippen LogP contribution in [0.2, 0.25) is 0 Å². The van der Waals surface area contributed by atoms with Crippen LogP contribution < -0.4 is 10.6 Å². The fourth-order valence-corrected chi connectivity index (χ4v) is 3.46. The van der Waals surface area contributed by atoms with E-state index in [2.05, 4.69) is 10.6 Å². The number of carbonyl (C=O) groups is 3. The monoisotopic (exact) mass is 310 g/mol. The SMILES string of the molecule is CC(CC(=O)NC1(CC(=O)O)CCC1)NC(=O)C1CCCC1. The highest BCUT2D eigenvalue weighted by Crippen LogP contribution is 2.35. The summed E-state index contributed by atoms with van der Waals surface area (Å²) in [6, 6.07) is -0.227. The Morgan fingerprint density at radius 2 is 1.82 bits per heavy atom. The van der Waals surface area contributed by atoms with E-state index in [1.54, 1.807) is 0 Å². The lowest BCUT2D eigenvalue weighted by atomic mass is 9.74. The van der Waals surface area contributed by atoms with E-state index in [-0.39, 0.29) is 36.6 Å². The first-order valence-electron chi connectivity index (χ1n) is 8.23. The van der Waals surface area contributed by atoms with Crippen LogP contribution >= 0.6 is 0 Å². The maximum Gasteiger partial charge on any atom is 0.305 e. The second-order valence-electron chi connectivity index (χ2n) is 6.85. The van der Waals surface area contributed by atoms with Gasteiger partial charge in [0.1, 0.15) is 0 Å². The van der Waals surface area contributed by atoms with Crippen molar-refractivity contribution in [1.29, 1.82) is 0 Å². The topological polar surface area (TPSA) is 95.5 Å². The molecule has 0 saturated heterocycles. The molecule has 22 heavy (non-hydrogen) atoms. The molecule has 0 radical (unpaired) electrons. The fraction of sp³-hybridized carbons (Fsp3) is 0.812. The van der Waals surface area contributed by atoms with Crippen molar-refractivity contribution >= 4 is 17.8 Å². The Morgan fingerprint density at radius 1 is 1.18 bits per heavy atom. The van der Waals surface area contributed by atoms with E-state index in [4.69, 9.17) is 5.11 Å². The number of amides is 2. The number of hydrogen-bond donors (Lipinski definition) is 3. The number of carboxylic acid groups (broad SMARTS) is 1. The summed E-state index contributed by atoms with van der Waals surface area (Å²) < 4.78 is 0. The Balaban J connectivity index is 1.75. The molecule has 0 heterocycles. The van der Waals surface area contributed by atoms with Gasteiger partial charge in [-0.3, -0.25) is 14.4 Å². The molecule has 1 unspecified atom stereocenters. The first-order valence-corrected chi connectivity index (χ1v) is 8.23. The molecule has 2 aliphatic rings. The number of carboxylic acids is 1. The van der Waals surface area contributed by atoms with Gasteiger partial charge >= 0.3 is 5.97 Å². The van der Waals surface area contributed by atoms with Gasteiger partial charge in [0.2, 0.25) is 11.8 Å². The first kappa shape index (κ1) is 16.8. The van der Waals surface area contributed by atoms with Gasteiger partial charge in [-0.25, -0.2) is 0 Å². The van der Waals surface area contributed by atoms with Crippen LogP contribution in [-0.2, 0) is 14.4 Å². The molecular formula is C16H26N2O4. The van der Waals surface area contributed by atoms with Crippen LogP contribution in [0, 0.1) is 5.92 Å². The average molecular weight is 310 g/mol. The van der Waals surface area contributed by atoms with Crippen molar-refractivity contribution in [3.05, 3.63) is 0 Å². The smallest absolute Gasteiger partial charge is 0.305 e. The van der Waals surface area contributed by atoms with Crippen LogP contribution in [0.1, 0.15) is 64.7 Å². The van der Waals surface area contributed by atoms with E-state index in [9.17, 15) is 14.4 Å². The van der Waals surface area contributed by atoms with Crippen LogP contribution in [0.5, 0.6) is 0 Å². The van der Waals surface area contributed by atoms with Gasteiger partial charge in [0.25, 0.3) is 0 Å². The van der Waals surface area contributed by atoms with E-state index in [0.29, 0.717) is 12.8 Å². The van der Waals surface area contributed by atoms with Crippen molar-refractivity contribution in [2.75, 3.05) is 0 Å². The maximum atomic E-state index is 12.1. The largest absolute Gasteiger partial charge is 0.481 e. The van der Waals surface area contributed by atoms with Crippen molar-refractivity contribution in [3.8, 4) is 0 Å². The molecule has 2 fully saturated rings. The second kappa shape index (κ2) is 7.11. The third-order valence-electron chi connectivity index (χ3n) is 4.81. The highest BCUT2D eigenvalue weighted by atomic mass is 16.4. The van der Waals surface area contributed by atoms with Gasteiger partial charge in [-0.2, -0.15) is 0 Å². The molecule has 3 N–H and O–H groups in total. The first-order chi connectivity index (χ1) is 10.4. The predicted octanol–water partition coefficient (Wildman–Crippen LogP) is 1.58. The minimum atomic E-state index is -0.886. The molecule has 6 nitrogen and oxygen atoms in total. The van der Waals surface area contributed by atoms with E-state index in [1.807, 2.05) is 6.92 Å². The zero-order valence-corrected chi connectivity index (χ0v) is 13.2. The van der Waals surface area contributed by atoms with E-state index in [1.165, 1.54) is 0 Å². The van der Waals surface area contributed by atoms with Crippen molar-refractivity contribution in [2.24, 2.45) is 5.92 Å². The maximum absolute atomic E-state index is 12.1. The lowest BCUT2D eigenvalue weighted by Crippen LogP contribution is -2.55. The Morgan fingerprint density at radius 3 is 2.32 bits per heavy atom. The van der Waals surface area contributed by atoms with E-state index >= 15 is 0 Å². The van der Waals surface area contributed by atoms with Crippen molar-refractivity contribution in [2.45, 2.75) is 76.3 Å². The van der Waals surface area contributed by atoms with Crippen molar-refractivity contribution in [1.82, 2.24) is 10.6 Å². The lowest BCUT2D eigenvalue weighted by molar-refractivity contribution is -0.140. The molecule has 0 aromatic carbocycles. The van der Waals surface area contributed by atoms with Gasteiger partial charge in [0.05, 0.1) is 12.0 Å². The fourth-order valence-electron chi connectivity index (χ4n) is 3.46. The molecule has 0 aromatic heterocycles. The van der Waals surface area contributed by atoms with Crippen LogP contribution in [0.25, 0.3) is 0 Å². The Hall–Kier alpha value is -1.59.